The Morgan fingerprint density at radius 3 is 2.50 bits per heavy atom. The molecule has 1 saturated carbocycles. The van der Waals surface area contributed by atoms with Gasteiger partial charge in [-0.05, 0) is 11.5 Å². The van der Waals surface area contributed by atoms with E-state index in [4.69, 9.17) is 0 Å². The lowest BCUT2D eigenvalue weighted by molar-refractivity contribution is 0.384. The molecule has 0 aliphatic heterocycles. The fourth-order valence-electron chi connectivity index (χ4n) is 2.28. The summed E-state index contributed by atoms with van der Waals surface area (Å²) in [5.74, 6) is 0.947. The average molecular weight is 202 g/mol. The molecular weight excluding hydrogens is 184 g/mol. The highest BCUT2D eigenvalue weighted by Crippen LogP contribution is 2.33. The van der Waals surface area contributed by atoms with Crippen molar-refractivity contribution in [3.05, 3.63) is 30.3 Å². The smallest absolute Gasteiger partial charge is 0.0639 e. The van der Waals surface area contributed by atoms with Crippen molar-refractivity contribution in [2.45, 2.75) is 38.1 Å². The van der Waals surface area contributed by atoms with Gasteiger partial charge in [-0.1, -0.05) is 68.1 Å². The lowest BCUT2D eigenvalue weighted by atomic mass is 9.90. The van der Waals surface area contributed by atoms with E-state index in [0.29, 0.717) is 0 Å². The Kier molecular flexibility index (Phi) is 3.41. The molecule has 2 rings (SSSR count). The maximum absolute atomic E-state index is 2.43. The van der Waals surface area contributed by atoms with Crippen molar-refractivity contribution in [1.29, 1.82) is 0 Å². The van der Waals surface area contributed by atoms with Gasteiger partial charge in [-0.15, -0.1) is 0 Å². The van der Waals surface area contributed by atoms with Crippen LogP contribution in [-0.4, -0.2) is 9.52 Å². The normalized spacial score (nSPS) is 27.5. The van der Waals surface area contributed by atoms with E-state index in [1.54, 1.807) is 5.19 Å². The molecule has 0 unspecified atom stereocenters. The summed E-state index contributed by atoms with van der Waals surface area (Å²) < 4.78 is 0. The molecule has 0 spiro atoms. The van der Waals surface area contributed by atoms with Crippen LogP contribution < -0.4 is 5.19 Å². The first-order valence-corrected chi connectivity index (χ1v) is 6.75. The third kappa shape index (κ3) is 2.47. The zero-order chi connectivity index (χ0) is 9.80. The summed E-state index contributed by atoms with van der Waals surface area (Å²) in [6.07, 6.45) is 5.81. The van der Waals surface area contributed by atoms with Crippen LogP contribution in [0.5, 0.6) is 0 Å². The van der Waals surface area contributed by atoms with E-state index in [2.05, 4.69) is 37.3 Å². The zero-order valence-corrected chi connectivity index (χ0v) is 9.87. The van der Waals surface area contributed by atoms with Gasteiger partial charge in [-0.25, -0.2) is 0 Å². The van der Waals surface area contributed by atoms with Gasteiger partial charge in [0.15, 0.2) is 0 Å². The number of hydrogen-bond donors (Lipinski definition) is 0. The molecule has 14 heavy (non-hydrogen) atoms. The fourth-order valence-corrected chi connectivity index (χ4v) is 3.89. The molecule has 0 amide bonds. The summed E-state index contributed by atoms with van der Waals surface area (Å²) in [7, 11) is 1.03. The van der Waals surface area contributed by atoms with Crippen molar-refractivity contribution in [2.24, 2.45) is 5.92 Å². The molecule has 2 atom stereocenters. The van der Waals surface area contributed by atoms with Crippen LogP contribution in [0.4, 0.5) is 0 Å². The van der Waals surface area contributed by atoms with Crippen LogP contribution in [0.3, 0.4) is 0 Å². The summed E-state index contributed by atoms with van der Waals surface area (Å²) in [5, 5.41) is 1.55. The first-order chi connectivity index (χ1) is 6.86. The summed E-state index contributed by atoms with van der Waals surface area (Å²) >= 11 is 0. The van der Waals surface area contributed by atoms with Gasteiger partial charge in [0.1, 0.15) is 0 Å². The summed E-state index contributed by atoms with van der Waals surface area (Å²) in [4.78, 5) is 0. The maximum Gasteiger partial charge on any atom is 0.0845 e. The Labute approximate surface area is 89.6 Å². The van der Waals surface area contributed by atoms with Gasteiger partial charge in [0.05, 0.1) is 9.52 Å². The Balaban J connectivity index is 1.96. The van der Waals surface area contributed by atoms with E-state index in [9.17, 15) is 0 Å². The van der Waals surface area contributed by atoms with Crippen LogP contribution >= 0.6 is 0 Å². The van der Waals surface area contributed by atoms with Gasteiger partial charge < -0.3 is 0 Å². The minimum Gasteiger partial charge on any atom is -0.0639 e. The van der Waals surface area contributed by atoms with Crippen molar-refractivity contribution in [3.63, 3.8) is 0 Å². The third-order valence-corrected chi connectivity index (χ3v) is 5.13. The zero-order valence-electron chi connectivity index (χ0n) is 8.87. The molecule has 0 aromatic heterocycles. The van der Waals surface area contributed by atoms with E-state index in [1.807, 2.05) is 0 Å². The highest BCUT2D eigenvalue weighted by molar-refractivity contribution is 6.55. The van der Waals surface area contributed by atoms with Gasteiger partial charge in [-0.2, -0.15) is 0 Å². The molecule has 1 aliphatic rings. The largest absolute Gasteiger partial charge is 0.0845 e. The highest BCUT2D eigenvalue weighted by atomic mass is 28.2. The second kappa shape index (κ2) is 4.79. The van der Waals surface area contributed by atoms with Gasteiger partial charge in [0.25, 0.3) is 0 Å². The second-order valence-corrected chi connectivity index (χ2v) is 5.99. The van der Waals surface area contributed by atoms with Crippen LogP contribution in [0.15, 0.2) is 30.3 Å². The Morgan fingerprint density at radius 2 is 1.79 bits per heavy atom. The van der Waals surface area contributed by atoms with Gasteiger partial charge in [0, 0.05) is 0 Å². The molecule has 1 aliphatic carbocycles. The molecule has 2 radical (unpaired) electrons. The predicted molar refractivity (Wildman–Crippen MR) is 63.2 cm³/mol. The topological polar surface area (TPSA) is 0 Å². The van der Waals surface area contributed by atoms with E-state index in [-0.39, 0.29) is 0 Å². The summed E-state index contributed by atoms with van der Waals surface area (Å²) in [5.41, 5.74) is 0.964. The van der Waals surface area contributed by atoms with Crippen LogP contribution in [0.2, 0.25) is 5.54 Å². The first kappa shape index (κ1) is 9.97. The maximum atomic E-state index is 2.43. The first-order valence-electron chi connectivity index (χ1n) is 5.68. The summed E-state index contributed by atoms with van der Waals surface area (Å²) in [6, 6.07) is 11.0. The molecular formula is C13H18Si. The predicted octanol–water partition coefficient (Wildman–Crippen LogP) is 3.01. The molecule has 74 valence electrons. The van der Waals surface area contributed by atoms with E-state index >= 15 is 0 Å². The van der Waals surface area contributed by atoms with Crippen LogP contribution in [0, 0.1) is 5.92 Å². The molecule has 0 nitrogen and oxygen atoms in total. The Hall–Kier alpha value is -0.563. The van der Waals surface area contributed by atoms with Crippen molar-refractivity contribution >= 4 is 14.7 Å². The van der Waals surface area contributed by atoms with Crippen molar-refractivity contribution in [1.82, 2.24) is 0 Å². The minimum absolute atomic E-state index is 0.947. The number of rotatable bonds is 2. The summed E-state index contributed by atoms with van der Waals surface area (Å²) in [6.45, 7) is 2.43. The minimum atomic E-state index is 0.947. The van der Waals surface area contributed by atoms with Gasteiger partial charge >= 0.3 is 0 Å². The molecule has 1 heteroatoms. The van der Waals surface area contributed by atoms with Crippen molar-refractivity contribution in [2.75, 3.05) is 0 Å². The Bertz CT molecular complexity index is 268. The Morgan fingerprint density at radius 1 is 1.07 bits per heavy atom. The van der Waals surface area contributed by atoms with Crippen LogP contribution in [0.25, 0.3) is 0 Å². The van der Waals surface area contributed by atoms with E-state index in [1.165, 1.54) is 25.7 Å². The lowest BCUT2D eigenvalue weighted by Crippen LogP contribution is -2.25. The molecule has 1 fully saturated rings. The lowest BCUT2D eigenvalue weighted by Gasteiger charge is -2.28. The standard InChI is InChI=1S/C13H18Si/c1-11-7-5-6-10-13(11)14-12-8-3-2-4-9-12/h2-4,8-9,11,13H,5-7,10H2,1H3/t11-,13-/m0/s1. The molecule has 0 bridgehead atoms. The monoisotopic (exact) mass is 202 g/mol. The molecule has 0 N–H and O–H groups in total. The molecule has 0 saturated heterocycles. The molecule has 1 aromatic rings. The van der Waals surface area contributed by atoms with Crippen LogP contribution in [0.1, 0.15) is 32.6 Å². The molecule has 1 aromatic carbocycles. The van der Waals surface area contributed by atoms with Crippen molar-refractivity contribution in [3.8, 4) is 0 Å². The van der Waals surface area contributed by atoms with E-state index < -0.39 is 0 Å². The number of hydrogen-bond acceptors (Lipinski definition) is 0. The van der Waals surface area contributed by atoms with Gasteiger partial charge in [0.2, 0.25) is 0 Å². The fraction of sp³-hybridized carbons (Fsp3) is 0.538. The second-order valence-electron chi connectivity index (χ2n) is 4.38. The highest BCUT2D eigenvalue weighted by Gasteiger charge is 2.21. The molecule has 0 heterocycles. The third-order valence-electron chi connectivity index (χ3n) is 3.24. The SMILES string of the molecule is C[C@H]1CCCC[C@@H]1[Si]c1ccccc1. The van der Waals surface area contributed by atoms with Gasteiger partial charge in [-0.3, -0.25) is 0 Å². The van der Waals surface area contributed by atoms with Crippen molar-refractivity contribution < 1.29 is 0 Å². The average Bonchev–Trinajstić information content (AvgIpc) is 2.23. The van der Waals surface area contributed by atoms with E-state index in [0.717, 1.165) is 21.0 Å². The number of benzene rings is 1. The van der Waals surface area contributed by atoms with Crippen LogP contribution in [-0.2, 0) is 0 Å². The quantitative estimate of drug-likeness (QED) is 0.647.